The lowest BCUT2D eigenvalue weighted by Gasteiger charge is -2.42. The van der Waals surface area contributed by atoms with Crippen molar-refractivity contribution in [3.63, 3.8) is 0 Å². The van der Waals surface area contributed by atoms with Crippen LogP contribution in [-0.2, 0) is 37.4 Å². The first-order valence-electron chi connectivity index (χ1n) is 15.6. The van der Waals surface area contributed by atoms with Crippen molar-refractivity contribution in [2.75, 3.05) is 33.5 Å². The molecule has 248 valence electrons. The predicted octanol–water partition coefficient (Wildman–Crippen LogP) is 6.31. The molecule has 0 bridgehead atoms. The number of hydrogen-bond donors (Lipinski definition) is 1. The van der Waals surface area contributed by atoms with Crippen LogP contribution in [0.1, 0.15) is 52.9 Å². The number of methoxy groups -OCH3 is 1. The van der Waals surface area contributed by atoms with Gasteiger partial charge in [0.05, 0.1) is 60.6 Å². The van der Waals surface area contributed by atoms with Gasteiger partial charge >= 0.3 is 0 Å². The first-order chi connectivity index (χ1) is 21.6. The largest absolute Gasteiger partial charge is 0.598 e. The third kappa shape index (κ3) is 7.33. The number of pyridine rings is 2. The fraction of sp³-hybridized carbons (Fsp3) is 0.500. The Kier molecular flexibility index (Phi) is 10.0. The third-order valence-electron chi connectivity index (χ3n) is 8.67. The van der Waals surface area contributed by atoms with E-state index in [-0.39, 0.29) is 5.04 Å². The molecule has 0 amide bonds. The lowest BCUT2D eigenvalue weighted by atomic mass is 9.93. The van der Waals surface area contributed by atoms with Gasteiger partial charge in [-0.1, -0.05) is 32.9 Å². The van der Waals surface area contributed by atoms with E-state index < -0.39 is 30.0 Å². The van der Waals surface area contributed by atoms with E-state index in [0.717, 1.165) is 33.5 Å². The first kappa shape index (κ1) is 34.5. The minimum Gasteiger partial charge on any atom is -0.598 e. The summed E-state index contributed by atoms with van der Waals surface area (Å²) in [6, 6.07) is 15.9. The van der Waals surface area contributed by atoms with Gasteiger partial charge in [-0.2, -0.15) is 5.10 Å². The second kappa shape index (κ2) is 13.3. The zero-order valence-electron chi connectivity index (χ0n) is 28.5. The lowest BCUT2D eigenvalue weighted by Crippen LogP contribution is -2.62. The average molecular weight is 666 g/mol. The van der Waals surface area contributed by atoms with Gasteiger partial charge in [0.1, 0.15) is 17.1 Å². The van der Waals surface area contributed by atoms with E-state index in [1.165, 1.54) is 0 Å². The van der Waals surface area contributed by atoms with E-state index in [0.29, 0.717) is 44.6 Å². The second-order valence-corrected chi connectivity index (χ2v) is 21.1. The smallest absolute Gasteiger partial charge is 0.192 e. The van der Waals surface area contributed by atoms with Gasteiger partial charge in [-0.05, 0) is 75.3 Å². The highest BCUT2D eigenvalue weighted by atomic mass is 32.2. The van der Waals surface area contributed by atoms with Crippen LogP contribution in [0.15, 0.2) is 54.7 Å². The van der Waals surface area contributed by atoms with Crippen LogP contribution in [0, 0.1) is 0 Å². The van der Waals surface area contributed by atoms with Crippen molar-refractivity contribution in [2.24, 2.45) is 0 Å². The first-order valence-corrected chi connectivity index (χ1v) is 19.7. The Labute approximate surface area is 276 Å². The Hall–Kier alpha value is -2.84. The van der Waals surface area contributed by atoms with E-state index >= 15 is 0 Å². The summed E-state index contributed by atoms with van der Waals surface area (Å²) in [5.74, 6) is 1.36. The topological polar surface area (TPSA) is 116 Å². The highest BCUT2D eigenvalue weighted by molar-refractivity contribution is 7.90. The van der Waals surface area contributed by atoms with Crippen molar-refractivity contribution in [1.82, 2.24) is 24.5 Å². The molecule has 10 nitrogen and oxygen atoms in total. The number of aromatic nitrogens is 4. The Bertz CT molecular complexity index is 1660. The van der Waals surface area contributed by atoms with Gasteiger partial charge in [0.15, 0.2) is 19.7 Å². The van der Waals surface area contributed by atoms with Crippen LogP contribution >= 0.6 is 0 Å². The molecule has 1 aliphatic rings. The normalized spacial score (nSPS) is 16.0. The summed E-state index contributed by atoms with van der Waals surface area (Å²) < 4.78 is 41.3. The molecule has 0 spiro atoms. The minimum absolute atomic E-state index is 0.106. The van der Waals surface area contributed by atoms with Gasteiger partial charge in [0, 0.05) is 24.0 Å². The van der Waals surface area contributed by atoms with Crippen LogP contribution in [0.4, 0.5) is 0 Å². The van der Waals surface area contributed by atoms with Crippen molar-refractivity contribution in [3.05, 3.63) is 66.1 Å². The van der Waals surface area contributed by atoms with Gasteiger partial charge in [0.2, 0.25) is 0 Å². The number of benzene rings is 1. The van der Waals surface area contributed by atoms with Gasteiger partial charge < -0.3 is 23.2 Å². The molecule has 1 aliphatic heterocycles. The zero-order valence-corrected chi connectivity index (χ0v) is 30.3. The van der Waals surface area contributed by atoms with Gasteiger partial charge in [0.25, 0.3) is 0 Å². The van der Waals surface area contributed by atoms with E-state index in [2.05, 4.69) is 44.7 Å². The number of nitrogens with zero attached hydrogens (tertiary/aromatic N) is 4. The van der Waals surface area contributed by atoms with Crippen molar-refractivity contribution >= 4 is 30.6 Å². The summed E-state index contributed by atoms with van der Waals surface area (Å²) in [4.78, 5) is 10.0. The fourth-order valence-electron chi connectivity index (χ4n) is 4.67. The molecule has 0 unspecified atom stereocenters. The van der Waals surface area contributed by atoms with Gasteiger partial charge in [-0.25, -0.2) is 9.67 Å². The molecule has 12 heteroatoms. The number of ether oxygens (including phenoxy) is 3. The number of nitrogens with one attached hydrogen (secondary N) is 1. The molecule has 5 rings (SSSR count). The second-order valence-electron chi connectivity index (χ2n) is 14.3. The van der Waals surface area contributed by atoms with Crippen LogP contribution in [-0.4, -0.2) is 70.9 Å². The Morgan fingerprint density at radius 2 is 1.76 bits per heavy atom. The van der Waals surface area contributed by atoms with Crippen molar-refractivity contribution in [3.8, 4) is 22.8 Å². The monoisotopic (exact) mass is 665 g/mol. The predicted molar refractivity (Wildman–Crippen MR) is 185 cm³/mol. The fourth-order valence-corrected chi connectivity index (χ4v) is 6.50. The maximum absolute atomic E-state index is 13.1. The van der Waals surface area contributed by atoms with Crippen LogP contribution in [0.2, 0.25) is 18.1 Å². The van der Waals surface area contributed by atoms with E-state index in [4.69, 9.17) is 33.7 Å². The molecule has 0 aliphatic carbocycles. The van der Waals surface area contributed by atoms with Gasteiger partial charge in [-0.15, -0.1) is 4.72 Å². The molecule has 4 heterocycles. The van der Waals surface area contributed by atoms with E-state index in [1.54, 1.807) is 13.3 Å². The molecule has 1 N–H and O–H groups in total. The zero-order chi connectivity index (χ0) is 33.3. The number of rotatable bonds is 12. The van der Waals surface area contributed by atoms with Gasteiger partial charge in [-0.3, -0.25) is 4.98 Å². The summed E-state index contributed by atoms with van der Waals surface area (Å²) in [7, 11) is -0.295. The van der Waals surface area contributed by atoms with Crippen LogP contribution in [0.5, 0.6) is 5.75 Å². The highest BCUT2D eigenvalue weighted by Gasteiger charge is 2.48. The molecule has 3 aromatic heterocycles. The van der Waals surface area contributed by atoms with Crippen molar-refractivity contribution in [2.45, 2.75) is 76.6 Å². The molecular formula is C34H47N5O5SSi. The Morgan fingerprint density at radius 1 is 1.02 bits per heavy atom. The molecule has 1 atom stereocenters. The summed E-state index contributed by atoms with van der Waals surface area (Å²) in [5.41, 5.74) is 3.44. The summed E-state index contributed by atoms with van der Waals surface area (Å²) in [6.45, 7) is 19.1. The lowest BCUT2D eigenvalue weighted by molar-refractivity contribution is -0.0687. The van der Waals surface area contributed by atoms with E-state index in [1.807, 2.05) is 67.9 Å². The van der Waals surface area contributed by atoms with Crippen molar-refractivity contribution < 1.29 is 23.2 Å². The number of fused-ring (bicyclic) bond motifs is 1. The Morgan fingerprint density at radius 3 is 2.41 bits per heavy atom. The van der Waals surface area contributed by atoms with Crippen LogP contribution < -0.4 is 9.46 Å². The molecule has 0 radical (unpaired) electrons. The third-order valence-corrected chi connectivity index (χ3v) is 14.8. The summed E-state index contributed by atoms with van der Waals surface area (Å²) >= 11 is -1.29. The standard InChI is InChI=1S/C34H47N5O5SSi/c1-32(2,3)45(40)38-34(22-42-23-34)30-14-11-13-27(37-30)24-18-28-26(29(19-24)43-17-16-41-7)20-35-39(28)31-15-10-12-25(36-31)21-44-46(8,9)33(4,5)6/h10-15,18-20,38H,16-17,21-23H2,1-9H3/t45-/m1/s1. The quantitative estimate of drug-likeness (QED) is 0.106. The van der Waals surface area contributed by atoms with Crippen LogP contribution in [0.3, 0.4) is 0 Å². The molecular weight excluding hydrogens is 619 g/mol. The number of hydrogen-bond acceptors (Lipinski definition) is 9. The van der Waals surface area contributed by atoms with Crippen molar-refractivity contribution in [1.29, 1.82) is 0 Å². The molecule has 4 aromatic rings. The van der Waals surface area contributed by atoms with Crippen LogP contribution in [0.25, 0.3) is 28.0 Å². The molecule has 1 saturated heterocycles. The summed E-state index contributed by atoms with van der Waals surface area (Å²) in [5, 5.41) is 5.70. The molecule has 1 fully saturated rings. The SMILES string of the molecule is COCCOc1cc(-c2cccc(C3(N[S@+]([O-])C(C)(C)C)COC3)n2)cc2c1cnn2-c1cccc(CO[Si](C)(C)C(C)(C)C)n1. The molecule has 46 heavy (non-hydrogen) atoms. The average Bonchev–Trinajstić information content (AvgIpc) is 3.41. The minimum atomic E-state index is -1.94. The maximum atomic E-state index is 13.1. The summed E-state index contributed by atoms with van der Waals surface area (Å²) in [6.07, 6.45) is 1.80. The highest BCUT2D eigenvalue weighted by Crippen LogP contribution is 2.38. The maximum Gasteiger partial charge on any atom is 0.192 e. The Balaban J connectivity index is 1.53. The molecule has 0 saturated carbocycles. The molecule has 1 aromatic carbocycles. The van der Waals surface area contributed by atoms with E-state index in [9.17, 15) is 4.55 Å².